The zero-order chi connectivity index (χ0) is 22.6. The van der Waals surface area contributed by atoms with Crippen molar-refractivity contribution in [2.75, 3.05) is 19.0 Å². The maximum Gasteiger partial charge on any atom is 0.453 e. The molecule has 0 saturated heterocycles. The van der Waals surface area contributed by atoms with E-state index in [1.807, 2.05) is 20.8 Å². The second-order valence-electron chi connectivity index (χ2n) is 8.41. The van der Waals surface area contributed by atoms with Crippen LogP contribution in [-0.2, 0) is 11.0 Å². The predicted molar refractivity (Wildman–Crippen MR) is 106 cm³/mol. The molecule has 10 heteroatoms. The number of anilines is 1. The summed E-state index contributed by atoms with van der Waals surface area (Å²) in [5.41, 5.74) is 1.21. The van der Waals surface area contributed by atoms with E-state index in [1.54, 1.807) is 18.2 Å². The molecule has 31 heavy (non-hydrogen) atoms. The van der Waals surface area contributed by atoms with E-state index in [0.29, 0.717) is 41.4 Å². The van der Waals surface area contributed by atoms with Gasteiger partial charge in [-0.05, 0) is 36.5 Å². The number of aromatic nitrogens is 3. The number of ether oxygens (including phenoxy) is 2. The third-order valence-corrected chi connectivity index (χ3v) is 5.39. The number of benzene rings is 1. The van der Waals surface area contributed by atoms with Gasteiger partial charge in [-0.25, -0.2) is 4.68 Å². The Morgan fingerprint density at radius 2 is 2.00 bits per heavy atom. The van der Waals surface area contributed by atoms with E-state index in [0.717, 1.165) is 4.68 Å². The highest BCUT2D eigenvalue weighted by molar-refractivity contribution is 6.00. The molecule has 1 aliphatic carbocycles. The summed E-state index contributed by atoms with van der Waals surface area (Å²) in [6.45, 7) is 6.16. The van der Waals surface area contributed by atoms with Gasteiger partial charge in [0.05, 0.1) is 13.7 Å². The average molecular weight is 436 g/mol. The van der Waals surface area contributed by atoms with Crippen LogP contribution in [0.5, 0.6) is 11.5 Å². The number of allylic oxidation sites excluding steroid dienone is 2. The lowest BCUT2D eigenvalue weighted by Gasteiger charge is -2.38. The zero-order valence-corrected chi connectivity index (χ0v) is 17.6. The van der Waals surface area contributed by atoms with Crippen molar-refractivity contribution in [3.63, 3.8) is 0 Å². The molecule has 1 aromatic heterocycles. The number of alkyl halides is 3. The fraction of sp³-hybridized carbons (Fsp3) is 0.476. The van der Waals surface area contributed by atoms with E-state index in [9.17, 15) is 18.0 Å². The molecule has 0 fully saturated rings. The van der Waals surface area contributed by atoms with E-state index >= 15 is 0 Å². The summed E-state index contributed by atoms with van der Waals surface area (Å²) in [5.74, 6) is -0.519. The monoisotopic (exact) mass is 436 g/mol. The van der Waals surface area contributed by atoms with Crippen molar-refractivity contribution < 1.29 is 27.4 Å². The van der Waals surface area contributed by atoms with E-state index in [-0.39, 0.29) is 23.6 Å². The second-order valence-corrected chi connectivity index (χ2v) is 8.41. The number of nitrogens with one attached hydrogen (secondary N) is 1. The number of Topliss-reactive ketones (excluding diaryl/α,β-unsaturated/α-hetero) is 1. The van der Waals surface area contributed by atoms with Gasteiger partial charge in [0.25, 0.3) is 5.82 Å². The lowest BCUT2D eigenvalue weighted by Crippen LogP contribution is -2.36. The molecule has 0 amide bonds. The van der Waals surface area contributed by atoms with Gasteiger partial charge in [-0.2, -0.15) is 18.2 Å². The highest BCUT2D eigenvalue weighted by Gasteiger charge is 2.44. The van der Waals surface area contributed by atoms with Crippen molar-refractivity contribution in [3.05, 3.63) is 40.9 Å². The molecule has 0 unspecified atom stereocenters. The molecule has 2 aromatic rings. The number of carbonyl (C=O) groups excluding carboxylic acids is 1. The molecule has 0 spiro atoms. The van der Waals surface area contributed by atoms with Gasteiger partial charge in [0.1, 0.15) is 6.04 Å². The standard InChI is InChI=1S/C21H23F3N4O3/c1-5-31-14-7-6-11(8-15(14)30-4)17-16-12(9-20(2,3)10-13(16)29)25-19-26-18(21(22,23)24)27-28(17)19/h6-8,17H,5,9-10H2,1-4H3,(H,25,26,27)/t17-/m0/s1. The first kappa shape index (κ1) is 21.2. The average Bonchev–Trinajstić information content (AvgIpc) is 3.10. The molecule has 1 N–H and O–H groups in total. The molecule has 1 atom stereocenters. The van der Waals surface area contributed by atoms with Gasteiger partial charge in [-0.3, -0.25) is 4.79 Å². The number of nitrogens with zero attached hydrogens (tertiary/aromatic N) is 3. The van der Waals surface area contributed by atoms with Gasteiger partial charge >= 0.3 is 6.18 Å². The van der Waals surface area contributed by atoms with Crippen LogP contribution in [0, 0.1) is 5.41 Å². The number of ketones is 1. The molecule has 4 rings (SSSR count). The van der Waals surface area contributed by atoms with Gasteiger partial charge in [-0.15, -0.1) is 5.10 Å². The SMILES string of the molecule is CCOc1ccc([C@H]2C3=C(CC(C)(C)CC3=O)Nc3nc(C(F)(F)F)nn32)cc1OC. The summed E-state index contributed by atoms with van der Waals surface area (Å²) in [6, 6.07) is 4.19. The Bertz CT molecular complexity index is 1070. The van der Waals surface area contributed by atoms with Crippen molar-refractivity contribution in [1.82, 2.24) is 14.8 Å². The minimum atomic E-state index is -4.71. The Morgan fingerprint density at radius 3 is 2.65 bits per heavy atom. The van der Waals surface area contributed by atoms with Gasteiger partial charge < -0.3 is 14.8 Å². The maximum atomic E-state index is 13.3. The normalized spacial score (nSPS) is 20.1. The second kappa shape index (κ2) is 7.28. The van der Waals surface area contributed by atoms with Crippen LogP contribution < -0.4 is 14.8 Å². The molecule has 1 aromatic carbocycles. The molecule has 0 bridgehead atoms. The van der Waals surface area contributed by atoms with E-state index < -0.39 is 18.0 Å². The molecular formula is C21H23F3N4O3. The van der Waals surface area contributed by atoms with Gasteiger partial charge in [0, 0.05) is 17.7 Å². The maximum absolute atomic E-state index is 13.3. The molecule has 1 aliphatic heterocycles. The number of methoxy groups -OCH3 is 1. The minimum absolute atomic E-state index is 0.0468. The third-order valence-electron chi connectivity index (χ3n) is 5.39. The molecule has 0 saturated carbocycles. The molecule has 2 heterocycles. The summed E-state index contributed by atoms with van der Waals surface area (Å²) in [6.07, 6.45) is -3.92. The summed E-state index contributed by atoms with van der Waals surface area (Å²) in [5, 5.41) is 6.65. The fourth-order valence-electron chi connectivity index (χ4n) is 4.17. The summed E-state index contributed by atoms with van der Waals surface area (Å²) in [7, 11) is 1.48. The minimum Gasteiger partial charge on any atom is -0.493 e. The van der Waals surface area contributed by atoms with Crippen LogP contribution in [0.4, 0.5) is 19.1 Å². The summed E-state index contributed by atoms with van der Waals surface area (Å²) in [4.78, 5) is 16.8. The number of carbonyl (C=O) groups is 1. The van der Waals surface area contributed by atoms with Gasteiger partial charge in [-0.1, -0.05) is 19.9 Å². The number of rotatable bonds is 4. The Labute approximate surface area is 177 Å². The highest BCUT2D eigenvalue weighted by atomic mass is 19.4. The number of hydrogen-bond donors (Lipinski definition) is 1. The van der Waals surface area contributed by atoms with Crippen LogP contribution in [0.15, 0.2) is 29.5 Å². The van der Waals surface area contributed by atoms with E-state index in [4.69, 9.17) is 9.47 Å². The van der Waals surface area contributed by atoms with Crippen LogP contribution in [0.3, 0.4) is 0 Å². The Hall–Kier alpha value is -3.04. The predicted octanol–water partition coefficient (Wildman–Crippen LogP) is 4.36. The van der Waals surface area contributed by atoms with Crippen LogP contribution in [0.1, 0.15) is 51.0 Å². The van der Waals surface area contributed by atoms with Gasteiger partial charge in [0.2, 0.25) is 5.95 Å². The molecular weight excluding hydrogens is 413 g/mol. The fourth-order valence-corrected chi connectivity index (χ4v) is 4.17. The number of fused-ring (bicyclic) bond motifs is 1. The lowest BCUT2D eigenvalue weighted by atomic mass is 9.73. The van der Waals surface area contributed by atoms with Crippen LogP contribution in [-0.4, -0.2) is 34.3 Å². The summed E-state index contributed by atoms with van der Waals surface area (Å²) < 4.78 is 52.1. The number of halogens is 3. The first-order valence-electron chi connectivity index (χ1n) is 9.92. The Morgan fingerprint density at radius 1 is 1.26 bits per heavy atom. The van der Waals surface area contributed by atoms with E-state index in [2.05, 4.69) is 15.4 Å². The zero-order valence-electron chi connectivity index (χ0n) is 17.6. The first-order valence-corrected chi connectivity index (χ1v) is 9.92. The van der Waals surface area contributed by atoms with Crippen molar-refractivity contribution in [2.45, 2.75) is 45.8 Å². The Kier molecular flexibility index (Phi) is 4.98. The highest BCUT2D eigenvalue weighted by Crippen LogP contribution is 2.46. The molecule has 0 radical (unpaired) electrons. The van der Waals surface area contributed by atoms with Crippen molar-refractivity contribution >= 4 is 11.7 Å². The van der Waals surface area contributed by atoms with Crippen LogP contribution >= 0.6 is 0 Å². The first-order chi connectivity index (χ1) is 14.5. The van der Waals surface area contributed by atoms with Crippen LogP contribution in [0.2, 0.25) is 0 Å². The van der Waals surface area contributed by atoms with Crippen molar-refractivity contribution in [2.24, 2.45) is 5.41 Å². The Balaban J connectivity index is 1.90. The molecule has 7 nitrogen and oxygen atoms in total. The number of hydrogen-bond acceptors (Lipinski definition) is 6. The topological polar surface area (TPSA) is 78.3 Å². The summed E-state index contributed by atoms with van der Waals surface area (Å²) >= 11 is 0. The van der Waals surface area contributed by atoms with Gasteiger partial charge in [0.15, 0.2) is 17.3 Å². The van der Waals surface area contributed by atoms with E-state index in [1.165, 1.54) is 7.11 Å². The van der Waals surface area contributed by atoms with Crippen molar-refractivity contribution in [1.29, 1.82) is 0 Å². The molecule has 166 valence electrons. The van der Waals surface area contributed by atoms with Crippen LogP contribution in [0.25, 0.3) is 0 Å². The third kappa shape index (κ3) is 3.75. The largest absolute Gasteiger partial charge is 0.493 e. The lowest BCUT2D eigenvalue weighted by molar-refractivity contribution is -0.145. The quantitative estimate of drug-likeness (QED) is 0.767. The van der Waals surface area contributed by atoms with Crippen molar-refractivity contribution in [3.8, 4) is 11.5 Å². The smallest absolute Gasteiger partial charge is 0.453 e. The molecule has 2 aliphatic rings.